The number of nitrogens with zero attached hydrogens (tertiary/aromatic N) is 2. The van der Waals surface area contributed by atoms with E-state index >= 15 is 0 Å². The maximum Gasteiger partial charge on any atom is 0.337 e. The Hall–Kier alpha value is -2.68. The molecule has 1 aliphatic heterocycles. The first-order chi connectivity index (χ1) is 11.8. The Morgan fingerprint density at radius 2 is 2.12 bits per heavy atom. The molecule has 0 saturated carbocycles. The Labute approximate surface area is 149 Å². The maximum absolute atomic E-state index is 12.4. The molecule has 132 valence electrons. The molecule has 0 unspecified atom stereocenters. The van der Waals surface area contributed by atoms with Gasteiger partial charge < -0.3 is 15.7 Å². The molecular formula is C16H19N4O4S+. The van der Waals surface area contributed by atoms with Crippen molar-refractivity contribution >= 4 is 46.0 Å². The van der Waals surface area contributed by atoms with E-state index in [1.807, 2.05) is 0 Å². The van der Waals surface area contributed by atoms with Gasteiger partial charge in [0.25, 0.3) is 12.5 Å². The number of carboxylic acid groups (broad SMARTS) is 1. The van der Waals surface area contributed by atoms with Crippen molar-refractivity contribution < 1.29 is 24.2 Å². The van der Waals surface area contributed by atoms with Crippen LogP contribution in [-0.4, -0.2) is 50.8 Å². The minimum absolute atomic E-state index is 0.00992. The number of amides is 2. The second-order valence-electron chi connectivity index (χ2n) is 5.61. The minimum Gasteiger partial charge on any atom is -0.478 e. The van der Waals surface area contributed by atoms with E-state index in [-0.39, 0.29) is 23.7 Å². The first-order valence-electron chi connectivity index (χ1n) is 7.49. The van der Waals surface area contributed by atoms with E-state index in [1.165, 1.54) is 22.5 Å². The van der Waals surface area contributed by atoms with Crippen LogP contribution in [0.15, 0.2) is 23.3 Å². The number of benzene rings is 1. The SMILES string of the molecule is CC(C)=N[N+](CC(=O)Nc1ccc(C)cc1C(=O)O)=C1SCNC1=O. The minimum atomic E-state index is -1.13. The molecule has 8 nitrogen and oxygen atoms in total. The van der Waals surface area contributed by atoms with Crippen LogP contribution in [0.3, 0.4) is 0 Å². The van der Waals surface area contributed by atoms with Crippen LogP contribution in [0, 0.1) is 6.92 Å². The number of rotatable bonds is 5. The highest BCUT2D eigenvalue weighted by molar-refractivity contribution is 8.16. The maximum atomic E-state index is 12.4. The average Bonchev–Trinajstić information content (AvgIpc) is 2.93. The zero-order chi connectivity index (χ0) is 18.6. The fourth-order valence-corrected chi connectivity index (χ4v) is 2.96. The molecule has 25 heavy (non-hydrogen) atoms. The molecule has 0 aliphatic carbocycles. The van der Waals surface area contributed by atoms with Gasteiger partial charge in [-0.05, 0) is 49.8 Å². The van der Waals surface area contributed by atoms with E-state index in [4.69, 9.17) is 0 Å². The third-order valence-corrected chi connectivity index (χ3v) is 4.12. The van der Waals surface area contributed by atoms with Gasteiger partial charge in [0.05, 0.1) is 22.8 Å². The summed E-state index contributed by atoms with van der Waals surface area (Å²) in [5.74, 6) is -1.46. The van der Waals surface area contributed by atoms with Crippen LogP contribution in [0.2, 0.25) is 0 Å². The Morgan fingerprint density at radius 1 is 1.40 bits per heavy atom. The summed E-state index contributed by atoms with van der Waals surface area (Å²) in [6.07, 6.45) is 0. The number of nitrogens with one attached hydrogen (secondary N) is 2. The predicted octanol–water partition coefficient (Wildman–Crippen LogP) is 1.26. The van der Waals surface area contributed by atoms with E-state index in [1.54, 1.807) is 32.9 Å². The summed E-state index contributed by atoms with van der Waals surface area (Å²) in [6.45, 7) is 5.08. The van der Waals surface area contributed by atoms with Crippen molar-refractivity contribution in [3.8, 4) is 0 Å². The van der Waals surface area contributed by atoms with E-state index in [2.05, 4.69) is 15.7 Å². The molecule has 0 bridgehead atoms. The van der Waals surface area contributed by atoms with Gasteiger partial charge in [0.2, 0.25) is 0 Å². The molecule has 1 aromatic carbocycles. The number of carbonyl (C=O) groups is 3. The summed E-state index contributed by atoms with van der Waals surface area (Å²) in [5, 5.41) is 19.0. The van der Waals surface area contributed by atoms with Gasteiger partial charge in [-0.3, -0.25) is 9.59 Å². The van der Waals surface area contributed by atoms with Crippen LogP contribution in [0.5, 0.6) is 0 Å². The van der Waals surface area contributed by atoms with Crippen molar-refractivity contribution in [2.45, 2.75) is 20.8 Å². The molecule has 2 rings (SSSR count). The molecule has 2 amide bonds. The molecule has 1 saturated heterocycles. The van der Waals surface area contributed by atoms with Crippen LogP contribution in [0.1, 0.15) is 29.8 Å². The number of anilines is 1. The van der Waals surface area contributed by atoms with Crippen LogP contribution in [-0.2, 0) is 9.59 Å². The number of hydrogen-bond acceptors (Lipinski definition) is 5. The van der Waals surface area contributed by atoms with Gasteiger partial charge in [0, 0.05) is 0 Å². The molecule has 0 radical (unpaired) electrons. The Morgan fingerprint density at radius 3 is 2.68 bits per heavy atom. The van der Waals surface area contributed by atoms with E-state index < -0.39 is 11.9 Å². The Kier molecular flexibility index (Phi) is 5.92. The van der Waals surface area contributed by atoms with Crippen molar-refractivity contribution in [2.24, 2.45) is 5.10 Å². The highest BCUT2D eigenvalue weighted by atomic mass is 32.2. The normalized spacial score (nSPS) is 15.4. The molecular weight excluding hydrogens is 344 g/mol. The van der Waals surface area contributed by atoms with Gasteiger partial charge >= 0.3 is 16.9 Å². The summed E-state index contributed by atoms with van der Waals surface area (Å²) in [6, 6.07) is 4.74. The topological polar surface area (TPSA) is 111 Å². The van der Waals surface area contributed by atoms with E-state index in [0.717, 1.165) is 5.56 Å². The summed E-state index contributed by atoms with van der Waals surface area (Å²) in [5.41, 5.74) is 1.67. The van der Waals surface area contributed by atoms with Gasteiger partial charge in [0.1, 0.15) is 0 Å². The third kappa shape index (κ3) is 4.90. The second kappa shape index (κ2) is 7.93. The van der Waals surface area contributed by atoms with Crippen LogP contribution in [0.25, 0.3) is 0 Å². The Bertz CT molecular complexity index is 797. The molecule has 0 aromatic heterocycles. The molecule has 1 aromatic rings. The van der Waals surface area contributed by atoms with E-state index in [9.17, 15) is 19.5 Å². The lowest BCUT2D eigenvalue weighted by atomic mass is 10.1. The standard InChI is InChI=1S/C16H18N4O4S/c1-9(2)19-20(15-14(22)17-8-25-15)7-13(21)18-12-5-4-10(3)6-11(12)16(23)24/h4-6H,7-8H2,1-3H3,(H2-,17,18,21,22,23,24)/p+1. The van der Waals surface area contributed by atoms with Gasteiger partial charge in [-0.15, -0.1) is 0 Å². The number of aryl methyl sites for hydroxylation is 1. The van der Waals surface area contributed by atoms with Crippen molar-refractivity contribution in [3.63, 3.8) is 0 Å². The number of hydrogen-bond donors (Lipinski definition) is 3. The lowest BCUT2D eigenvalue weighted by molar-refractivity contribution is -0.517. The molecule has 0 atom stereocenters. The molecule has 1 fully saturated rings. The summed E-state index contributed by atoms with van der Waals surface area (Å²) >= 11 is 1.26. The first kappa shape index (κ1) is 18.7. The van der Waals surface area contributed by atoms with Gasteiger partial charge in [-0.1, -0.05) is 16.3 Å². The number of carbonyl (C=O) groups excluding carboxylic acids is 2. The van der Waals surface area contributed by atoms with Crippen molar-refractivity contribution in [1.29, 1.82) is 0 Å². The quantitative estimate of drug-likeness (QED) is 0.414. The summed E-state index contributed by atoms with van der Waals surface area (Å²) in [4.78, 5) is 35.5. The highest BCUT2D eigenvalue weighted by Gasteiger charge is 2.32. The molecule has 0 spiro atoms. The van der Waals surface area contributed by atoms with Crippen molar-refractivity contribution in [2.75, 3.05) is 17.7 Å². The molecule has 9 heteroatoms. The number of carboxylic acids is 1. The monoisotopic (exact) mass is 363 g/mol. The summed E-state index contributed by atoms with van der Waals surface area (Å²) < 4.78 is 1.33. The Balaban J connectivity index is 2.25. The average molecular weight is 363 g/mol. The van der Waals surface area contributed by atoms with Crippen LogP contribution >= 0.6 is 11.8 Å². The number of thioether (sulfide) groups is 1. The van der Waals surface area contributed by atoms with Gasteiger partial charge in [0.15, 0.2) is 0 Å². The zero-order valence-electron chi connectivity index (χ0n) is 14.1. The number of aromatic carboxylic acids is 1. The molecule has 1 heterocycles. The smallest absolute Gasteiger partial charge is 0.337 e. The molecule has 3 N–H and O–H groups in total. The predicted molar refractivity (Wildman–Crippen MR) is 96.3 cm³/mol. The van der Waals surface area contributed by atoms with Crippen molar-refractivity contribution in [3.05, 3.63) is 29.3 Å². The fourth-order valence-electron chi connectivity index (χ4n) is 2.17. The van der Waals surface area contributed by atoms with Gasteiger partial charge in [-0.2, -0.15) is 0 Å². The first-order valence-corrected chi connectivity index (χ1v) is 8.47. The van der Waals surface area contributed by atoms with E-state index in [0.29, 0.717) is 16.6 Å². The zero-order valence-corrected chi connectivity index (χ0v) is 14.9. The van der Waals surface area contributed by atoms with Crippen LogP contribution in [0.4, 0.5) is 5.69 Å². The largest absolute Gasteiger partial charge is 0.478 e. The second-order valence-corrected chi connectivity index (χ2v) is 6.57. The van der Waals surface area contributed by atoms with Gasteiger partial charge in [-0.25, -0.2) is 4.79 Å². The summed E-state index contributed by atoms with van der Waals surface area (Å²) in [7, 11) is 0. The van der Waals surface area contributed by atoms with Crippen molar-refractivity contribution in [1.82, 2.24) is 5.32 Å². The third-order valence-electron chi connectivity index (χ3n) is 3.16. The fraction of sp³-hybridized carbons (Fsp3) is 0.312. The molecule has 1 aliphatic rings. The highest BCUT2D eigenvalue weighted by Crippen LogP contribution is 2.17. The number of hydrazone groups is 1. The lowest BCUT2D eigenvalue weighted by Gasteiger charge is -2.08. The lowest BCUT2D eigenvalue weighted by Crippen LogP contribution is -2.31. The van der Waals surface area contributed by atoms with Crippen LogP contribution < -0.4 is 10.6 Å².